The molecule has 0 saturated carbocycles. The summed E-state index contributed by atoms with van der Waals surface area (Å²) in [6, 6.07) is -0.216. The quantitative estimate of drug-likeness (QED) is 0.719. The number of urea groups is 1. The normalized spacial score (nSPS) is 16.3. The number of carbonyl (C=O) groups excluding carboxylic acids is 1. The van der Waals surface area contributed by atoms with E-state index in [0.29, 0.717) is 39.1 Å². The van der Waals surface area contributed by atoms with Crippen LogP contribution in [0.25, 0.3) is 0 Å². The highest BCUT2D eigenvalue weighted by Crippen LogP contribution is 2.16. The van der Waals surface area contributed by atoms with E-state index in [2.05, 4.69) is 0 Å². The first-order valence-electron chi connectivity index (χ1n) is 7.42. The number of amides is 2. The third-order valence-electron chi connectivity index (χ3n) is 3.34. The molecule has 0 unspecified atom stereocenters. The Hall–Kier alpha value is -1.34. The average Bonchev–Trinajstić information content (AvgIpc) is 2.43. The molecular weight excluding hydrogens is 276 g/mol. The molecule has 0 aromatic carbocycles. The third-order valence-corrected chi connectivity index (χ3v) is 3.34. The number of piperidine rings is 1. The van der Waals surface area contributed by atoms with Gasteiger partial charge in [0.15, 0.2) is 0 Å². The predicted molar refractivity (Wildman–Crippen MR) is 77.1 cm³/mol. The lowest BCUT2D eigenvalue weighted by Gasteiger charge is -2.35. The van der Waals surface area contributed by atoms with Gasteiger partial charge in [0.25, 0.3) is 0 Å². The molecule has 1 rings (SSSR count). The van der Waals surface area contributed by atoms with Crippen LogP contribution in [0.5, 0.6) is 0 Å². The van der Waals surface area contributed by atoms with Crippen molar-refractivity contribution < 1.29 is 24.5 Å². The van der Waals surface area contributed by atoms with E-state index >= 15 is 0 Å². The monoisotopic (exact) mass is 302 g/mol. The maximum Gasteiger partial charge on any atom is 0.323 e. The second-order valence-electron chi connectivity index (χ2n) is 5.73. The molecule has 2 amide bonds. The van der Waals surface area contributed by atoms with Gasteiger partial charge in [-0.05, 0) is 18.8 Å². The largest absolute Gasteiger partial charge is 0.480 e. The van der Waals surface area contributed by atoms with Gasteiger partial charge in [0, 0.05) is 19.6 Å². The molecule has 21 heavy (non-hydrogen) atoms. The topological polar surface area (TPSA) is 90.3 Å². The van der Waals surface area contributed by atoms with Gasteiger partial charge in [0.2, 0.25) is 0 Å². The van der Waals surface area contributed by atoms with Gasteiger partial charge in [-0.15, -0.1) is 0 Å². The maximum atomic E-state index is 12.4. The molecule has 0 bridgehead atoms. The number of aliphatic hydroxyl groups excluding tert-OH is 1. The third kappa shape index (κ3) is 6.31. The van der Waals surface area contributed by atoms with Crippen LogP contribution in [0.15, 0.2) is 0 Å². The molecule has 0 aromatic rings. The molecule has 0 aliphatic carbocycles. The Labute approximate surface area is 125 Å². The molecule has 1 fully saturated rings. The minimum atomic E-state index is -0.995. The van der Waals surface area contributed by atoms with Crippen molar-refractivity contribution >= 4 is 12.0 Å². The Bertz CT molecular complexity index is 340. The molecule has 122 valence electrons. The van der Waals surface area contributed by atoms with Crippen molar-refractivity contribution in [1.82, 2.24) is 9.80 Å². The summed E-state index contributed by atoms with van der Waals surface area (Å²) in [5, 5.41) is 17.7. The average molecular weight is 302 g/mol. The van der Waals surface area contributed by atoms with E-state index in [-0.39, 0.29) is 31.2 Å². The molecule has 1 heterocycles. The minimum absolute atomic E-state index is 0.0000768. The van der Waals surface area contributed by atoms with Crippen LogP contribution in [0.4, 0.5) is 4.79 Å². The van der Waals surface area contributed by atoms with Crippen molar-refractivity contribution in [2.75, 3.05) is 39.4 Å². The van der Waals surface area contributed by atoms with Crippen LogP contribution in [-0.4, -0.2) is 77.5 Å². The van der Waals surface area contributed by atoms with Crippen molar-refractivity contribution in [3.63, 3.8) is 0 Å². The minimum Gasteiger partial charge on any atom is -0.480 e. The van der Waals surface area contributed by atoms with Crippen molar-refractivity contribution in [3.8, 4) is 0 Å². The summed E-state index contributed by atoms with van der Waals surface area (Å²) in [5.41, 5.74) is 0. The summed E-state index contributed by atoms with van der Waals surface area (Å²) in [4.78, 5) is 26.4. The lowest BCUT2D eigenvalue weighted by Crippen LogP contribution is -2.50. The summed E-state index contributed by atoms with van der Waals surface area (Å²) < 4.78 is 5.45. The zero-order valence-electron chi connectivity index (χ0n) is 12.8. The predicted octanol–water partition coefficient (Wildman–Crippen LogP) is 0.622. The fourth-order valence-corrected chi connectivity index (χ4v) is 2.45. The standard InChI is InChI=1S/C14H26N2O5/c1-11(2)9-16(10-13(18)19)14(20)15-5-3-12(4-6-15)21-8-7-17/h11-12,17H,3-10H2,1-2H3,(H,18,19). The van der Waals surface area contributed by atoms with Gasteiger partial charge >= 0.3 is 12.0 Å². The molecule has 1 aliphatic heterocycles. The molecule has 0 spiro atoms. The first kappa shape index (κ1) is 17.7. The maximum absolute atomic E-state index is 12.4. The summed E-state index contributed by atoms with van der Waals surface area (Å²) in [7, 11) is 0. The first-order chi connectivity index (χ1) is 9.93. The number of carboxylic acids is 1. The van der Waals surface area contributed by atoms with Gasteiger partial charge in [0.1, 0.15) is 6.54 Å². The summed E-state index contributed by atoms with van der Waals surface area (Å²) in [6.45, 7) is 5.52. The Morgan fingerprint density at radius 3 is 2.43 bits per heavy atom. The van der Waals surface area contributed by atoms with Crippen molar-refractivity contribution in [2.45, 2.75) is 32.8 Å². The number of nitrogens with zero attached hydrogens (tertiary/aromatic N) is 2. The zero-order chi connectivity index (χ0) is 15.8. The number of carboxylic acid groups (broad SMARTS) is 1. The van der Waals surface area contributed by atoms with Gasteiger partial charge in [-0.3, -0.25) is 4.79 Å². The Kier molecular flexibility index (Phi) is 7.45. The van der Waals surface area contributed by atoms with E-state index in [4.69, 9.17) is 14.9 Å². The van der Waals surface area contributed by atoms with Gasteiger partial charge in [-0.2, -0.15) is 0 Å². The Balaban J connectivity index is 2.50. The molecule has 7 heteroatoms. The molecule has 7 nitrogen and oxygen atoms in total. The van der Waals surface area contributed by atoms with E-state index in [0.717, 1.165) is 0 Å². The summed E-state index contributed by atoms with van der Waals surface area (Å²) in [6.07, 6.45) is 1.50. The van der Waals surface area contributed by atoms with E-state index in [1.54, 1.807) is 4.90 Å². The van der Waals surface area contributed by atoms with Gasteiger partial charge in [-0.1, -0.05) is 13.8 Å². The molecular formula is C14H26N2O5. The molecule has 2 N–H and O–H groups in total. The number of hydrogen-bond acceptors (Lipinski definition) is 4. The van der Waals surface area contributed by atoms with Crippen LogP contribution < -0.4 is 0 Å². The van der Waals surface area contributed by atoms with Crippen LogP contribution in [0, 0.1) is 5.92 Å². The summed E-state index contributed by atoms with van der Waals surface area (Å²) in [5.74, 6) is -0.774. The number of rotatable bonds is 7. The highest BCUT2D eigenvalue weighted by atomic mass is 16.5. The highest BCUT2D eigenvalue weighted by molar-refractivity contribution is 5.80. The highest BCUT2D eigenvalue weighted by Gasteiger charge is 2.27. The van der Waals surface area contributed by atoms with Crippen LogP contribution in [0.2, 0.25) is 0 Å². The van der Waals surface area contributed by atoms with Crippen molar-refractivity contribution in [1.29, 1.82) is 0 Å². The van der Waals surface area contributed by atoms with Crippen LogP contribution in [0.3, 0.4) is 0 Å². The second kappa shape index (κ2) is 8.84. The lowest BCUT2D eigenvalue weighted by molar-refractivity contribution is -0.137. The fraction of sp³-hybridized carbons (Fsp3) is 0.857. The Morgan fingerprint density at radius 1 is 1.33 bits per heavy atom. The first-order valence-corrected chi connectivity index (χ1v) is 7.42. The zero-order valence-corrected chi connectivity index (χ0v) is 12.8. The van der Waals surface area contributed by atoms with E-state index < -0.39 is 5.97 Å². The lowest BCUT2D eigenvalue weighted by atomic mass is 10.1. The Morgan fingerprint density at radius 2 is 1.95 bits per heavy atom. The number of ether oxygens (including phenoxy) is 1. The molecule has 0 atom stereocenters. The van der Waals surface area contributed by atoms with Gasteiger partial charge in [-0.25, -0.2) is 4.79 Å². The van der Waals surface area contributed by atoms with Crippen molar-refractivity contribution in [2.24, 2.45) is 5.92 Å². The number of likely N-dealkylation sites (tertiary alicyclic amines) is 1. The van der Waals surface area contributed by atoms with Crippen molar-refractivity contribution in [3.05, 3.63) is 0 Å². The molecule has 1 saturated heterocycles. The van der Waals surface area contributed by atoms with Gasteiger partial charge in [0.05, 0.1) is 19.3 Å². The smallest absolute Gasteiger partial charge is 0.323 e. The summed E-state index contributed by atoms with van der Waals surface area (Å²) >= 11 is 0. The SMILES string of the molecule is CC(C)CN(CC(=O)O)C(=O)N1CCC(OCCO)CC1. The molecule has 0 aromatic heterocycles. The number of hydrogen-bond donors (Lipinski definition) is 2. The molecule has 0 radical (unpaired) electrons. The number of aliphatic hydroxyl groups is 1. The number of aliphatic carboxylic acids is 1. The van der Waals surface area contributed by atoms with E-state index in [1.807, 2.05) is 13.8 Å². The van der Waals surface area contributed by atoms with Crippen LogP contribution in [-0.2, 0) is 9.53 Å². The second-order valence-corrected chi connectivity index (χ2v) is 5.73. The van der Waals surface area contributed by atoms with Crippen LogP contribution >= 0.6 is 0 Å². The van der Waals surface area contributed by atoms with E-state index in [9.17, 15) is 9.59 Å². The molecule has 1 aliphatic rings. The fourth-order valence-electron chi connectivity index (χ4n) is 2.45. The van der Waals surface area contributed by atoms with E-state index in [1.165, 1.54) is 4.90 Å². The number of carbonyl (C=O) groups is 2. The van der Waals surface area contributed by atoms with Crippen LogP contribution in [0.1, 0.15) is 26.7 Å². The van der Waals surface area contributed by atoms with Gasteiger partial charge < -0.3 is 24.7 Å².